The first kappa shape index (κ1) is 7.54. The van der Waals surface area contributed by atoms with Crippen molar-refractivity contribution in [1.82, 2.24) is 5.32 Å². The highest BCUT2D eigenvalue weighted by atomic mass is 16.3. The van der Waals surface area contributed by atoms with E-state index < -0.39 is 6.10 Å². The van der Waals surface area contributed by atoms with Crippen molar-refractivity contribution in [3.63, 3.8) is 0 Å². The van der Waals surface area contributed by atoms with Crippen LogP contribution < -0.4 is 5.32 Å². The van der Waals surface area contributed by atoms with E-state index in [0.29, 0.717) is 6.54 Å². The molecule has 1 rings (SSSR count). The average molecular weight is 143 g/mol. The topological polar surface area (TPSA) is 49.3 Å². The summed E-state index contributed by atoms with van der Waals surface area (Å²) >= 11 is 0. The Morgan fingerprint density at radius 1 is 1.80 bits per heavy atom. The Balaban J connectivity index is 2.43. The molecule has 2 atom stereocenters. The minimum absolute atomic E-state index is 0.0304. The van der Waals surface area contributed by atoms with E-state index in [0.717, 1.165) is 6.42 Å². The van der Waals surface area contributed by atoms with E-state index in [-0.39, 0.29) is 18.2 Å². The monoisotopic (exact) mass is 143 g/mol. The van der Waals surface area contributed by atoms with E-state index in [9.17, 15) is 9.90 Å². The molecule has 0 unspecified atom stereocenters. The Kier molecular flexibility index (Phi) is 2.27. The first-order valence-corrected chi connectivity index (χ1v) is 3.68. The zero-order chi connectivity index (χ0) is 7.56. The van der Waals surface area contributed by atoms with E-state index in [1.807, 2.05) is 6.92 Å². The van der Waals surface area contributed by atoms with Gasteiger partial charge in [0.15, 0.2) is 0 Å². The molecule has 10 heavy (non-hydrogen) atoms. The minimum atomic E-state index is -0.418. The van der Waals surface area contributed by atoms with Crippen molar-refractivity contribution in [2.24, 2.45) is 5.92 Å². The number of aliphatic hydroxyl groups excluding tert-OH is 1. The van der Waals surface area contributed by atoms with Gasteiger partial charge in [0.2, 0.25) is 5.91 Å². The van der Waals surface area contributed by atoms with Gasteiger partial charge < -0.3 is 10.4 Å². The van der Waals surface area contributed by atoms with Crippen LogP contribution in [-0.2, 0) is 4.79 Å². The number of hydrogen-bond acceptors (Lipinski definition) is 2. The predicted molar refractivity (Wildman–Crippen MR) is 37.4 cm³/mol. The van der Waals surface area contributed by atoms with Crippen LogP contribution in [0.15, 0.2) is 0 Å². The molecular weight excluding hydrogens is 130 g/mol. The number of aliphatic hydroxyl groups is 1. The Labute approximate surface area is 60.4 Å². The van der Waals surface area contributed by atoms with Crippen LogP contribution in [0.5, 0.6) is 0 Å². The third-order valence-corrected chi connectivity index (χ3v) is 2.02. The molecule has 0 aromatic heterocycles. The second kappa shape index (κ2) is 3.01. The Morgan fingerprint density at radius 3 is 3.00 bits per heavy atom. The molecule has 0 aromatic carbocycles. The van der Waals surface area contributed by atoms with Crippen LogP contribution in [0, 0.1) is 5.92 Å². The molecule has 3 heteroatoms. The van der Waals surface area contributed by atoms with Gasteiger partial charge in [0.05, 0.1) is 12.5 Å². The van der Waals surface area contributed by atoms with E-state index in [1.165, 1.54) is 0 Å². The predicted octanol–water partition coefficient (Wildman–Crippen LogP) is -0.107. The number of carbonyl (C=O) groups is 1. The molecule has 1 saturated heterocycles. The fourth-order valence-electron chi connectivity index (χ4n) is 1.23. The molecule has 2 N–H and O–H groups in total. The third-order valence-electron chi connectivity index (χ3n) is 2.02. The fourth-order valence-corrected chi connectivity index (χ4v) is 1.23. The number of piperidine rings is 1. The van der Waals surface area contributed by atoms with E-state index in [1.54, 1.807) is 0 Å². The molecule has 0 saturated carbocycles. The van der Waals surface area contributed by atoms with Crippen LogP contribution in [-0.4, -0.2) is 23.7 Å². The number of rotatable bonds is 1. The normalized spacial score (nSPS) is 33.6. The largest absolute Gasteiger partial charge is 0.392 e. The maximum atomic E-state index is 10.7. The molecular formula is C7H13NO2. The van der Waals surface area contributed by atoms with Crippen molar-refractivity contribution in [3.8, 4) is 0 Å². The van der Waals surface area contributed by atoms with Gasteiger partial charge in [-0.15, -0.1) is 0 Å². The van der Waals surface area contributed by atoms with Gasteiger partial charge in [-0.05, 0) is 6.42 Å². The van der Waals surface area contributed by atoms with Crippen LogP contribution in [0.4, 0.5) is 0 Å². The standard InChI is InChI=1S/C7H13NO2/c1-2-5-4-8-7(10)3-6(5)9/h5-6,9H,2-4H2,1H3,(H,8,10)/t5-,6+/m0/s1. The van der Waals surface area contributed by atoms with Crippen molar-refractivity contribution in [2.45, 2.75) is 25.9 Å². The van der Waals surface area contributed by atoms with Gasteiger partial charge in [0.25, 0.3) is 0 Å². The van der Waals surface area contributed by atoms with Crippen LogP contribution in [0.2, 0.25) is 0 Å². The molecule has 1 fully saturated rings. The van der Waals surface area contributed by atoms with Crippen molar-refractivity contribution in [3.05, 3.63) is 0 Å². The van der Waals surface area contributed by atoms with Gasteiger partial charge in [0, 0.05) is 12.5 Å². The Hall–Kier alpha value is -0.570. The smallest absolute Gasteiger partial charge is 0.222 e. The summed E-state index contributed by atoms with van der Waals surface area (Å²) in [5.41, 5.74) is 0. The summed E-state index contributed by atoms with van der Waals surface area (Å²) < 4.78 is 0. The summed E-state index contributed by atoms with van der Waals surface area (Å²) in [6, 6.07) is 0. The van der Waals surface area contributed by atoms with E-state index in [4.69, 9.17) is 0 Å². The number of amides is 1. The molecule has 0 bridgehead atoms. The SMILES string of the molecule is CC[C@H]1CNC(=O)C[C@H]1O. The van der Waals surface area contributed by atoms with Crippen LogP contribution >= 0.6 is 0 Å². The number of nitrogens with one attached hydrogen (secondary N) is 1. The molecule has 3 nitrogen and oxygen atoms in total. The fraction of sp³-hybridized carbons (Fsp3) is 0.857. The van der Waals surface area contributed by atoms with Crippen LogP contribution in [0.1, 0.15) is 19.8 Å². The molecule has 0 radical (unpaired) electrons. The Bertz CT molecular complexity index is 136. The van der Waals surface area contributed by atoms with Crippen LogP contribution in [0.25, 0.3) is 0 Å². The highest BCUT2D eigenvalue weighted by Gasteiger charge is 2.25. The van der Waals surface area contributed by atoms with E-state index >= 15 is 0 Å². The highest BCUT2D eigenvalue weighted by molar-refractivity contribution is 5.77. The van der Waals surface area contributed by atoms with Crippen LogP contribution in [0.3, 0.4) is 0 Å². The first-order chi connectivity index (χ1) is 4.74. The quantitative estimate of drug-likeness (QED) is 0.538. The lowest BCUT2D eigenvalue weighted by Gasteiger charge is -2.26. The van der Waals surface area contributed by atoms with Crippen molar-refractivity contribution in [2.75, 3.05) is 6.54 Å². The van der Waals surface area contributed by atoms with Gasteiger partial charge >= 0.3 is 0 Å². The molecule has 1 aliphatic heterocycles. The summed E-state index contributed by atoms with van der Waals surface area (Å²) in [4.78, 5) is 10.7. The summed E-state index contributed by atoms with van der Waals surface area (Å²) in [7, 11) is 0. The van der Waals surface area contributed by atoms with Gasteiger partial charge in [-0.25, -0.2) is 0 Å². The van der Waals surface area contributed by atoms with Crippen molar-refractivity contribution < 1.29 is 9.90 Å². The number of hydrogen-bond donors (Lipinski definition) is 2. The Morgan fingerprint density at radius 2 is 2.50 bits per heavy atom. The van der Waals surface area contributed by atoms with Gasteiger partial charge in [-0.2, -0.15) is 0 Å². The molecule has 1 aliphatic rings. The molecule has 0 spiro atoms. The second-order valence-corrected chi connectivity index (χ2v) is 2.74. The van der Waals surface area contributed by atoms with E-state index in [2.05, 4.69) is 5.32 Å². The average Bonchev–Trinajstić information content (AvgIpc) is 1.88. The molecule has 0 aliphatic carbocycles. The highest BCUT2D eigenvalue weighted by Crippen LogP contribution is 2.14. The van der Waals surface area contributed by atoms with Crippen molar-refractivity contribution in [1.29, 1.82) is 0 Å². The molecule has 0 aromatic rings. The maximum Gasteiger partial charge on any atom is 0.222 e. The molecule has 1 amide bonds. The summed E-state index contributed by atoms with van der Waals surface area (Å²) in [6.07, 6.45) is 0.790. The summed E-state index contributed by atoms with van der Waals surface area (Å²) in [6.45, 7) is 2.65. The third kappa shape index (κ3) is 1.48. The zero-order valence-corrected chi connectivity index (χ0v) is 6.13. The lowest BCUT2D eigenvalue weighted by Crippen LogP contribution is -2.43. The summed E-state index contributed by atoms with van der Waals surface area (Å²) in [5, 5.41) is 12.0. The maximum absolute atomic E-state index is 10.7. The number of carbonyl (C=O) groups excluding carboxylic acids is 1. The van der Waals surface area contributed by atoms with Gasteiger partial charge in [-0.3, -0.25) is 4.79 Å². The second-order valence-electron chi connectivity index (χ2n) is 2.74. The lowest BCUT2D eigenvalue weighted by molar-refractivity contribution is -0.126. The van der Waals surface area contributed by atoms with Crippen molar-refractivity contribution >= 4 is 5.91 Å². The van der Waals surface area contributed by atoms with Gasteiger partial charge in [0.1, 0.15) is 0 Å². The molecule has 1 heterocycles. The minimum Gasteiger partial charge on any atom is -0.392 e. The lowest BCUT2D eigenvalue weighted by atomic mass is 9.93. The summed E-state index contributed by atoms with van der Waals surface area (Å²) in [5.74, 6) is 0.231. The molecule has 58 valence electrons. The zero-order valence-electron chi connectivity index (χ0n) is 6.13. The first-order valence-electron chi connectivity index (χ1n) is 3.68. The van der Waals surface area contributed by atoms with Gasteiger partial charge in [-0.1, -0.05) is 6.92 Å².